The van der Waals surface area contributed by atoms with Gasteiger partial charge in [-0.15, -0.1) is 0 Å². The lowest BCUT2D eigenvalue weighted by molar-refractivity contribution is 0.00578. The Morgan fingerprint density at radius 3 is 1.76 bits per heavy atom. The third-order valence-electron chi connectivity index (χ3n) is 10.8. The molecular formula is C42H50BClN6O4. The highest BCUT2D eigenvalue weighted by Gasteiger charge is 2.52. The van der Waals surface area contributed by atoms with Crippen molar-refractivity contribution in [3.05, 3.63) is 113 Å². The van der Waals surface area contributed by atoms with E-state index in [1.165, 1.54) is 42.3 Å². The third-order valence-corrected chi connectivity index (χ3v) is 11.1. The lowest BCUT2D eigenvalue weighted by Gasteiger charge is -2.32. The van der Waals surface area contributed by atoms with Crippen molar-refractivity contribution in [2.75, 3.05) is 0 Å². The molecule has 1 saturated heterocycles. The Hall–Kier alpha value is -4.13. The summed E-state index contributed by atoms with van der Waals surface area (Å²) in [5.41, 5.74) is 6.68. The summed E-state index contributed by atoms with van der Waals surface area (Å²) < 4.78 is 15.7. The molecule has 7 heterocycles. The first-order valence-electron chi connectivity index (χ1n) is 18.7. The summed E-state index contributed by atoms with van der Waals surface area (Å²) in [5, 5.41) is 30.0. The standard InChI is InChI=1S/C18H19N3O.C14H22BNO3.C10H9ClN2/c1-18(2,22)14-9-13(10-19-11-14)17-16(12-6-7-12)15-5-3-4-8-21(15)20-17;1-12(2,17)10-7-11(9-16-8-10)15-18-13(3,4)14(5,6)19-15;11-10-9(7-4-5-7)8-3-1-2-6-13(8)12-10/h3-5,8-12,22H,6-7H2,1-2H3;7-9,17H,1-6H3;1-3,6-7H,4-5H2. The Labute approximate surface area is 322 Å². The Bertz CT molecular complexity index is 2260. The van der Waals surface area contributed by atoms with Gasteiger partial charge in [-0.25, -0.2) is 9.03 Å². The largest absolute Gasteiger partial charge is 0.496 e. The number of hydrogen-bond acceptors (Lipinski definition) is 8. The second kappa shape index (κ2) is 14.2. The summed E-state index contributed by atoms with van der Waals surface area (Å²) in [6.45, 7) is 15.1. The molecule has 9 rings (SSSR count). The zero-order valence-electron chi connectivity index (χ0n) is 32.4. The molecule has 2 saturated carbocycles. The summed E-state index contributed by atoms with van der Waals surface area (Å²) in [6, 6.07) is 16.1. The third kappa shape index (κ3) is 7.97. The predicted octanol–water partition coefficient (Wildman–Crippen LogP) is 7.97. The van der Waals surface area contributed by atoms with Crippen LogP contribution in [-0.4, -0.2) is 57.7 Å². The smallest absolute Gasteiger partial charge is 0.399 e. The first-order chi connectivity index (χ1) is 25.4. The number of nitrogens with zero attached hydrogens (tertiary/aromatic N) is 6. The van der Waals surface area contributed by atoms with Crippen LogP contribution in [0.5, 0.6) is 0 Å². The van der Waals surface area contributed by atoms with E-state index >= 15 is 0 Å². The van der Waals surface area contributed by atoms with Crippen LogP contribution in [0.15, 0.2) is 85.7 Å². The van der Waals surface area contributed by atoms with E-state index in [2.05, 4.69) is 33.3 Å². The van der Waals surface area contributed by atoms with E-state index in [1.807, 2.05) is 85.6 Å². The first-order valence-corrected chi connectivity index (χ1v) is 19.1. The lowest BCUT2D eigenvalue weighted by Crippen LogP contribution is -2.41. The second-order valence-corrected chi connectivity index (χ2v) is 17.1. The molecule has 0 amide bonds. The van der Waals surface area contributed by atoms with Crippen molar-refractivity contribution >= 4 is 35.2 Å². The van der Waals surface area contributed by atoms with Gasteiger partial charge in [-0.3, -0.25) is 9.97 Å². The maximum absolute atomic E-state index is 10.2. The topological polar surface area (TPSA) is 119 Å². The zero-order chi connectivity index (χ0) is 38.6. The Morgan fingerprint density at radius 2 is 1.20 bits per heavy atom. The molecule has 3 aliphatic rings. The molecular weight excluding hydrogens is 699 g/mol. The van der Waals surface area contributed by atoms with Crippen molar-refractivity contribution in [1.82, 2.24) is 29.2 Å². The molecule has 2 aliphatic carbocycles. The SMILES string of the molecule is CC(C)(O)c1cncc(-c2nn3ccccc3c2C2CC2)c1.CC(C)(O)c1cncc(B2OC(C)(C)C(C)(C)O2)c1.Clc1nn2ccccc2c1C1CC1. The molecule has 10 nitrogen and oxygen atoms in total. The Balaban J connectivity index is 0.000000129. The Kier molecular flexibility index (Phi) is 10.0. The minimum atomic E-state index is -0.924. The Morgan fingerprint density at radius 1 is 0.704 bits per heavy atom. The highest BCUT2D eigenvalue weighted by Crippen LogP contribution is 2.47. The maximum atomic E-state index is 10.2. The average molecular weight is 749 g/mol. The molecule has 12 heteroatoms. The molecule has 0 radical (unpaired) electrons. The van der Waals surface area contributed by atoms with Crippen LogP contribution in [-0.2, 0) is 20.5 Å². The van der Waals surface area contributed by atoms with E-state index < -0.39 is 18.3 Å². The van der Waals surface area contributed by atoms with Gasteiger partial charge in [0.05, 0.1) is 39.1 Å². The van der Waals surface area contributed by atoms with Crippen molar-refractivity contribution in [1.29, 1.82) is 0 Å². The van der Waals surface area contributed by atoms with Crippen molar-refractivity contribution in [3.63, 3.8) is 0 Å². The molecule has 282 valence electrons. The fourth-order valence-electron chi connectivity index (χ4n) is 6.55. The molecule has 54 heavy (non-hydrogen) atoms. The first kappa shape index (κ1) is 38.2. The van der Waals surface area contributed by atoms with Crippen molar-refractivity contribution in [2.24, 2.45) is 0 Å². The van der Waals surface area contributed by atoms with Crippen LogP contribution in [0.4, 0.5) is 0 Å². The van der Waals surface area contributed by atoms with E-state index in [0.29, 0.717) is 17.0 Å². The number of aromatic nitrogens is 6. The second-order valence-electron chi connectivity index (χ2n) is 16.8. The number of aliphatic hydroxyl groups is 2. The van der Waals surface area contributed by atoms with Crippen molar-refractivity contribution in [3.8, 4) is 11.3 Å². The van der Waals surface area contributed by atoms with Gasteiger partial charge < -0.3 is 19.5 Å². The molecule has 6 aromatic rings. The van der Waals surface area contributed by atoms with E-state index in [-0.39, 0.29) is 11.2 Å². The normalized spacial score (nSPS) is 17.9. The molecule has 0 bridgehead atoms. The van der Waals surface area contributed by atoms with Gasteiger partial charge in [-0.05, 0) is 123 Å². The van der Waals surface area contributed by atoms with Gasteiger partial charge in [0, 0.05) is 70.5 Å². The molecule has 0 aromatic carbocycles. The molecule has 1 aliphatic heterocycles. The summed E-state index contributed by atoms with van der Waals surface area (Å²) >= 11 is 6.07. The van der Waals surface area contributed by atoms with Gasteiger partial charge in [0.2, 0.25) is 0 Å². The van der Waals surface area contributed by atoms with Gasteiger partial charge in [0.25, 0.3) is 0 Å². The number of pyridine rings is 4. The summed E-state index contributed by atoms with van der Waals surface area (Å²) in [5.74, 6) is 1.26. The number of hydrogen-bond donors (Lipinski definition) is 2. The summed E-state index contributed by atoms with van der Waals surface area (Å²) in [6.07, 6.45) is 15.8. The maximum Gasteiger partial charge on any atom is 0.496 e. The number of fused-ring (bicyclic) bond motifs is 2. The summed E-state index contributed by atoms with van der Waals surface area (Å²) in [7, 11) is -0.445. The fourth-order valence-corrected chi connectivity index (χ4v) is 6.88. The number of halogens is 1. The zero-order valence-corrected chi connectivity index (χ0v) is 33.2. The van der Waals surface area contributed by atoms with Crippen LogP contribution < -0.4 is 5.46 Å². The van der Waals surface area contributed by atoms with Crippen LogP contribution in [0.2, 0.25) is 5.15 Å². The van der Waals surface area contributed by atoms with E-state index in [0.717, 1.165) is 33.4 Å². The van der Waals surface area contributed by atoms with Gasteiger partial charge in [0.15, 0.2) is 5.15 Å². The van der Waals surface area contributed by atoms with E-state index in [9.17, 15) is 10.2 Å². The van der Waals surface area contributed by atoms with Gasteiger partial charge in [-0.1, -0.05) is 29.8 Å². The molecule has 3 fully saturated rings. The summed E-state index contributed by atoms with van der Waals surface area (Å²) in [4.78, 5) is 8.48. The van der Waals surface area contributed by atoms with Crippen LogP contribution in [0.1, 0.15) is 115 Å². The van der Waals surface area contributed by atoms with Crippen LogP contribution >= 0.6 is 11.6 Å². The molecule has 2 N–H and O–H groups in total. The molecule has 0 spiro atoms. The molecule has 0 atom stereocenters. The van der Waals surface area contributed by atoms with Gasteiger partial charge >= 0.3 is 7.12 Å². The van der Waals surface area contributed by atoms with Crippen LogP contribution in [0.25, 0.3) is 22.3 Å². The van der Waals surface area contributed by atoms with Crippen LogP contribution in [0.3, 0.4) is 0 Å². The average Bonchev–Trinajstić information content (AvgIpc) is 4.05. The molecule has 6 aromatic heterocycles. The minimum Gasteiger partial charge on any atom is -0.399 e. The van der Waals surface area contributed by atoms with Crippen molar-refractivity contribution in [2.45, 2.75) is 115 Å². The fraction of sp³-hybridized carbons (Fsp3) is 0.429. The molecule has 0 unspecified atom stereocenters. The van der Waals surface area contributed by atoms with Crippen molar-refractivity contribution < 1.29 is 19.5 Å². The minimum absolute atomic E-state index is 0.373. The van der Waals surface area contributed by atoms with Crippen LogP contribution in [0, 0.1) is 0 Å². The van der Waals surface area contributed by atoms with Gasteiger partial charge in [-0.2, -0.15) is 10.2 Å². The predicted molar refractivity (Wildman–Crippen MR) is 213 cm³/mol. The highest BCUT2D eigenvalue weighted by atomic mass is 35.5. The van der Waals surface area contributed by atoms with E-state index in [4.69, 9.17) is 26.0 Å². The van der Waals surface area contributed by atoms with E-state index in [1.54, 1.807) is 46.3 Å². The highest BCUT2D eigenvalue weighted by molar-refractivity contribution is 6.62. The quantitative estimate of drug-likeness (QED) is 0.165. The monoisotopic (exact) mass is 748 g/mol. The lowest BCUT2D eigenvalue weighted by atomic mass is 9.78. The van der Waals surface area contributed by atoms with Gasteiger partial charge in [0.1, 0.15) is 0 Å². The number of rotatable bonds is 6.